The molecule has 0 bridgehead atoms. The Morgan fingerprint density at radius 1 is 1.07 bits per heavy atom. The normalized spacial score (nSPS) is 14.7. The lowest BCUT2D eigenvalue weighted by molar-refractivity contribution is 0.0342. The second kappa shape index (κ2) is 9.03. The van der Waals surface area contributed by atoms with Crippen molar-refractivity contribution in [3.05, 3.63) is 77.0 Å². The van der Waals surface area contributed by atoms with E-state index in [1.165, 1.54) is 5.56 Å². The zero-order valence-electron chi connectivity index (χ0n) is 16.6. The third-order valence-electron chi connectivity index (χ3n) is 5.09. The van der Waals surface area contributed by atoms with Gasteiger partial charge in [-0.3, -0.25) is 9.69 Å². The van der Waals surface area contributed by atoms with E-state index in [1.807, 2.05) is 42.5 Å². The number of carbonyl (C=O) groups excluding carboxylic acids is 1. The molecular weight excluding hydrogens is 366 g/mol. The van der Waals surface area contributed by atoms with Crippen LogP contribution in [0.25, 0.3) is 11.3 Å². The van der Waals surface area contributed by atoms with Crippen molar-refractivity contribution in [2.75, 3.05) is 26.3 Å². The molecule has 1 aromatic heterocycles. The van der Waals surface area contributed by atoms with Crippen LogP contribution in [0.15, 0.2) is 59.1 Å². The van der Waals surface area contributed by atoms with Gasteiger partial charge in [-0.2, -0.15) is 0 Å². The average molecular weight is 391 g/mol. The Kier molecular flexibility index (Phi) is 6.03. The van der Waals surface area contributed by atoms with Gasteiger partial charge in [-0.1, -0.05) is 59.8 Å². The van der Waals surface area contributed by atoms with Crippen LogP contribution in [-0.2, 0) is 17.8 Å². The molecule has 0 spiro atoms. The molecule has 0 radical (unpaired) electrons. The van der Waals surface area contributed by atoms with Crippen molar-refractivity contribution in [1.29, 1.82) is 0 Å². The second-order valence-corrected chi connectivity index (χ2v) is 7.22. The number of amides is 1. The molecule has 2 heterocycles. The lowest BCUT2D eigenvalue weighted by Gasteiger charge is -2.26. The van der Waals surface area contributed by atoms with Crippen molar-refractivity contribution in [3.63, 3.8) is 0 Å². The van der Waals surface area contributed by atoms with Crippen molar-refractivity contribution < 1.29 is 14.1 Å². The summed E-state index contributed by atoms with van der Waals surface area (Å²) in [6.45, 7) is 6.60. The fourth-order valence-corrected chi connectivity index (χ4v) is 3.56. The molecule has 1 saturated heterocycles. The number of nitrogens with zero attached hydrogens (tertiary/aromatic N) is 2. The first kappa shape index (κ1) is 19.4. The molecular formula is C23H25N3O3. The van der Waals surface area contributed by atoms with E-state index in [0.29, 0.717) is 23.6 Å². The van der Waals surface area contributed by atoms with Crippen molar-refractivity contribution in [1.82, 2.24) is 15.4 Å². The van der Waals surface area contributed by atoms with E-state index in [4.69, 9.17) is 9.26 Å². The minimum atomic E-state index is -0.179. The van der Waals surface area contributed by atoms with Gasteiger partial charge in [0.2, 0.25) is 0 Å². The molecule has 1 aliphatic heterocycles. The van der Waals surface area contributed by atoms with Crippen LogP contribution in [-0.4, -0.2) is 42.3 Å². The zero-order valence-corrected chi connectivity index (χ0v) is 16.6. The van der Waals surface area contributed by atoms with E-state index in [-0.39, 0.29) is 5.91 Å². The third kappa shape index (κ3) is 4.72. The third-order valence-corrected chi connectivity index (χ3v) is 5.09. The highest BCUT2D eigenvalue weighted by Gasteiger charge is 2.21. The van der Waals surface area contributed by atoms with Gasteiger partial charge in [0.1, 0.15) is 17.0 Å². The Balaban J connectivity index is 1.43. The Morgan fingerprint density at radius 2 is 1.83 bits per heavy atom. The number of ether oxygens (including phenoxy) is 1. The average Bonchev–Trinajstić information content (AvgIpc) is 3.15. The summed E-state index contributed by atoms with van der Waals surface area (Å²) >= 11 is 0. The van der Waals surface area contributed by atoms with E-state index in [2.05, 4.69) is 27.5 Å². The number of carbonyl (C=O) groups is 1. The number of aromatic nitrogens is 1. The van der Waals surface area contributed by atoms with Gasteiger partial charge in [0.15, 0.2) is 0 Å². The largest absolute Gasteiger partial charge is 0.379 e. The summed E-state index contributed by atoms with van der Waals surface area (Å²) in [5.74, 6) is 0.337. The molecule has 0 saturated carbocycles. The molecule has 0 aliphatic carbocycles. The van der Waals surface area contributed by atoms with Crippen LogP contribution in [0.5, 0.6) is 0 Å². The first-order valence-corrected chi connectivity index (χ1v) is 9.88. The van der Waals surface area contributed by atoms with Crippen LogP contribution in [0.1, 0.15) is 27.2 Å². The lowest BCUT2D eigenvalue weighted by Crippen LogP contribution is -2.35. The maximum atomic E-state index is 12.9. The first-order chi connectivity index (χ1) is 14.2. The summed E-state index contributed by atoms with van der Waals surface area (Å²) in [6, 6.07) is 17.9. The molecule has 2 aromatic carbocycles. The van der Waals surface area contributed by atoms with Gasteiger partial charge >= 0.3 is 0 Å². The zero-order chi connectivity index (χ0) is 20.1. The van der Waals surface area contributed by atoms with Gasteiger partial charge in [-0.25, -0.2) is 0 Å². The van der Waals surface area contributed by atoms with Crippen molar-refractivity contribution in [2.24, 2.45) is 0 Å². The molecule has 1 N–H and O–H groups in total. The predicted octanol–water partition coefficient (Wildman–Crippen LogP) is 3.41. The van der Waals surface area contributed by atoms with Crippen LogP contribution in [0.4, 0.5) is 0 Å². The summed E-state index contributed by atoms with van der Waals surface area (Å²) in [5.41, 5.74) is 4.23. The van der Waals surface area contributed by atoms with Gasteiger partial charge < -0.3 is 14.6 Å². The molecule has 150 valence electrons. The maximum absolute atomic E-state index is 12.9. The molecule has 1 fully saturated rings. The number of nitrogens with one attached hydrogen (secondary N) is 1. The Bertz CT molecular complexity index is 963. The van der Waals surface area contributed by atoms with Gasteiger partial charge in [0.25, 0.3) is 5.91 Å². The number of morpholine rings is 1. The lowest BCUT2D eigenvalue weighted by atomic mass is 10.1. The van der Waals surface area contributed by atoms with Crippen molar-refractivity contribution >= 4 is 5.91 Å². The van der Waals surface area contributed by atoms with Crippen LogP contribution in [0, 0.1) is 6.92 Å². The summed E-state index contributed by atoms with van der Waals surface area (Å²) in [7, 11) is 0. The van der Waals surface area contributed by atoms with Gasteiger partial charge in [0.05, 0.1) is 13.2 Å². The van der Waals surface area contributed by atoms with Crippen molar-refractivity contribution in [3.8, 4) is 11.3 Å². The SMILES string of the molecule is Cc1onc(-c2ccccc2)c1C(=O)NCc1cccc(CN2CCOCC2)c1. The summed E-state index contributed by atoms with van der Waals surface area (Å²) in [6.07, 6.45) is 0. The molecule has 29 heavy (non-hydrogen) atoms. The minimum Gasteiger partial charge on any atom is -0.379 e. The highest BCUT2D eigenvalue weighted by Crippen LogP contribution is 2.25. The molecule has 4 rings (SSSR count). The highest BCUT2D eigenvalue weighted by atomic mass is 16.5. The van der Waals surface area contributed by atoms with Crippen LogP contribution < -0.4 is 5.32 Å². The number of rotatable bonds is 6. The number of hydrogen-bond acceptors (Lipinski definition) is 5. The maximum Gasteiger partial charge on any atom is 0.257 e. The quantitative estimate of drug-likeness (QED) is 0.697. The Labute approximate surface area is 170 Å². The van der Waals surface area contributed by atoms with E-state index in [9.17, 15) is 4.79 Å². The van der Waals surface area contributed by atoms with Crippen LogP contribution >= 0.6 is 0 Å². The monoisotopic (exact) mass is 391 g/mol. The van der Waals surface area contributed by atoms with Crippen LogP contribution in [0.3, 0.4) is 0 Å². The van der Waals surface area contributed by atoms with E-state index < -0.39 is 0 Å². The second-order valence-electron chi connectivity index (χ2n) is 7.22. The number of hydrogen-bond donors (Lipinski definition) is 1. The molecule has 0 atom stereocenters. The Hall–Kier alpha value is -2.96. The summed E-state index contributed by atoms with van der Waals surface area (Å²) in [5, 5.41) is 7.10. The predicted molar refractivity (Wildman–Crippen MR) is 110 cm³/mol. The molecule has 6 heteroatoms. The first-order valence-electron chi connectivity index (χ1n) is 9.88. The topological polar surface area (TPSA) is 67.6 Å². The summed E-state index contributed by atoms with van der Waals surface area (Å²) < 4.78 is 10.7. The molecule has 1 aliphatic rings. The van der Waals surface area contributed by atoms with Crippen LogP contribution in [0.2, 0.25) is 0 Å². The molecule has 1 amide bonds. The van der Waals surface area contributed by atoms with Crippen molar-refractivity contribution in [2.45, 2.75) is 20.0 Å². The van der Waals surface area contributed by atoms with E-state index >= 15 is 0 Å². The smallest absolute Gasteiger partial charge is 0.257 e. The summed E-state index contributed by atoms with van der Waals surface area (Å²) in [4.78, 5) is 15.2. The number of benzene rings is 2. The minimum absolute atomic E-state index is 0.179. The highest BCUT2D eigenvalue weighted by molar-refractivity contribution is 6.00. The fourth-order valence-electron chi connectivity index (χ4n) is 3.56. The van der Waals surface area contributed by atoms with E-state index in [0.717, 1.165) is 44.0 Å². The standard InChI is InChI=1S/C23H25N3O3/c1-17-21(22(25-29-17)20-8-3-2-4-9-20)23(27)24-15-18-6-5-7-19(14-18)16-26-10-12-28-13-11-26/h2-9,14H,10-13,15-16H2,1H3,(H,24,27). The fraction of sp³-hybridized carbons (Fsp3) is 0.304. The van der Waals surface area contributed by atoms with Gasteiger partial charge in [0, 0.05) is 31.7 Å². The number of aryl methyl sites for hydroxylation is 1. The van der Waals surface area contributed by atoms with Gasteiger partial charge in [-0.15, -0.1) is 0 Å². The molecule has 6 nitrogen and oxygen atoms in total. The molecule has 0 unspecified atom stereocenters. The molecule has 3 aromatic rings. The van der Waals surface area contributed by atoms with Gasteiger partial charge in [-0.05, 0) is 18.1 Å². The van der Waals surface area contributed by atoms with E-state index in [1.54, 1.807) is 6.92 Å². The Morgan fingerprint density at radius 3 is 2.62 bits per heavy atom.